The van der Waals surface area contributed by atoms with E-state index in [1.54, 1.807) is 11.8 Å². The van der Waals surface area contributed by atoms with E-state index in [0.717, 1.165) is 11.1 Å². The van der Waals surface area contributed by atoms with Crippen molar-refractivity contribution in [2.24, 2.45) is 0 Å². The lowest BCUT2D eigenvalue weighted by molar-refractivity contribution is 1.17. The molecule has 1 heterocycles. The second-order valence-electron chi connectivity index (χ2n) is 2.75. The van der Waals surface area contributed by atoms with Gasteiger partial charge in [0, 0.05) is 11.3 Å². The van der Waals surface area contributed by atoms with E-state index < -0.39 is 0 Å². The molecule has 0 atom stereocenters. The van der Waals surface area contributed by atoms with Crippen molar-refractivity contribution in [1.82, 2.24) is 0 Å². The number of hydrogen-bond acceptors (Lipinski definition) is 1. The number of hydrogen-bond donors (Lipinski definition) is 0. The Hall–Kier alpha value is -0.140. The molecule has 1 aromatic carbocycles. The fourth-order valence-electron chi connectivity index (χ4n) is 1.25. The molecule has 1 radical (unpaired) electrons. The molecule has 0 bridgehead atoms. The lowest BCUT2D eigenvalue weighted by Gasteiger charge is -1.96. The summed E-state index contributed by atoms with van der Waals surface area (Å²) in [5, 5.41) is 0. The summed E-state index contributed by atoms with van der Waals surface area (Å²) in [5.41, 5.74) is 2.69. The van der Waals surface area contributed by atoms with E-state index in [0.29, 0.717) is 0 Å². The summed E-state index contributed by atoms with van der Waals surface area (Å²) >= 11 is 7.59. The molecule has 2 rings (SSSR count). The van der Waals surface area contributed by atoms with E-state index in [4.69, 9.17) is 11.6 Å². The predicted molar refractivity (Wildman–Crippen MR) is 49.8 cm³/mol. The number of fused-ring (bicyclic) bond motifs is 1. The van der Waals surface area contributed by atoms with Gasteiger partial charge in [-0.2, -0.15) is 0 Å². The number of halogens is 1. The molecule has 0 aliphatic carbocycles. The predicted octanol–water partition coefficient (Wildman–Crippen LogP) is 3.37. The molecule has 0 saturated heterocycles. The van der Waals surface area contributed by atoms with Gasteiger partial charge in [0.05, 0.1) is 0 Å². The van der Waals surface area contributed by atoms with Crippen LogP contribution >= 0.6 is 23.4 Å². The number of aryl methyl sites for hydroxylation is 1. The molecule has 11 heavy (non-hydrogen) atoms. The van der Waals surface area contributed by atoms with E-state index in [1.807, 2.05) is 0 Å². The average molecular weight is 184 g/mol. The van der Waals surface area contributed by atoms with Crippen LogP contribution in [0.5, 0.6) is 0 Å². The highest BCUT2D eigenvalue weighted by Crippen LogP contribution is 2.44. The van der Waals surface area contributed by atoms with Crippen molar-refractivity contribution >= 4 is 23.4 Å². The van der Waals surface area contributed by atoms with Crippen LogP contribution in [-0.4, -0.2) is 0 Å². The van der Waals surface area contributed by atoms with Crippen LogP contribution in [0.15, 0.2) is 23.1 Å². The van der Waals surface area contributed by atoms with Crippen molar-refractivity contribution in [2.45, 2.75) is 18.2 Å². The van der Waals surface area contributed by atoms with Gasteiger partial charge in [-0.15, -0.1) is 11.6 Å². The standard InChI is InChI=1S/C9H8ClS/c1-6-2-3-8-7(4-6)5-9(10)11-8/h2-4H,5H2,1H3. The highest BCUT2D eigenvalue weighted by Gasteiger charge is 2.20. The van der Waals surface area contributed by atoms with Crippen molar-refractivity contribution in [3.63, 3.8) is 0 Å². The second-order valence-corrected chi connectivity index (χ2v) is 4.56. The zero-order chi connectivity index (χ0) is 7.84. The summed E-state index contributed by atoms with van der Waals surface area (Å²) in [6, 6.07) is 6.48. The minimum Gasteiger partial charge on any atom is -0.104 e. The van der Waals surface area contributed by atoms with E-state index in [2.05, 4.69) is 25.1 Å². The molecule has 1 aliphatic rings. The van der Waals surface area contributed by atoms with Crippen LogP contribution in [0.3, 0.4) is 0 Å². The SMILES string of the molecule is Cc1ccc2c(c1)C[C](Cl)S2. The normalized spacial score (nSPS) is 16.9. The molecule has 0 N–H and O–H groups in total. The fourth-order valence-corrected chi connectivity index (χ4v) is 2.51. The van der Waals surface area contributed by atoms with E-state index in [9.17, 15) is 0 Å². The Labute approximate surface area is 75.9 Å². The first-order valence-corrected chi connectivity index (χ1v) is 4.74. The molecular weight excluding hydrogens is 176 g/mol. The third-order valence-corrected chi connectivity index (χ3v) is 3.12. The molecule has 57 valence electrons. The van der Waals surface area contributed by atoms with Crippen LogP contribution in [-0.2, 0) is 6.42 Å². The fraction of sp³-hybridized carbons (Fsp3) is 0.222. The van der Waals surface area contributed by atoms with Gasteiger partial charge >= 0.3 is 0 Å². The van der Waals surface area contributed by atoms with Gasteiger partial charge in [-0.25, -0.2) is 0 Å². The van der Waals surface area contributed by atoms with E-state index >= 15 is 0 Å². The molecule has 0 amide bonds. The topological polar surface area (TPSA) is 0 Å². The van der Waals surface area contributed by atoms with Gasteiger partial charge < -0.3 is 0 Å². The minimum absolute atomic E-state index is 0.934. The Balaban J connectivity index is 2.43. The lowest BCUT2D eigenvalue weighted by Crippen LogP contribution is -1.81. The highest BCUT2D eigenvalue weighted by atomic mass is 35.5. The average Bonchev–Trinajstić information content (AvgIpc) is 2.27. The molecule has 0 aromatic heterocycles. The molecule has 0 spiro atoms. The molecule has 0 saturated carbocycles. The smallest absolute Gasteiger partial charge is 0.104 e. The Morgan fingerprint density at radius 3 is 3.09 bits per heavy atom. The Morgan fingerprint density at radius 1 is 1.45 bits per heavy atom. The van der Waals surface area contributed by atoms with Crippen molar-refractivity contribution < 1.29 is 0 Å². The van der Waals surface area contributed by atoms with E-state index in [1.165, 1.54) is 16.0 Å². The first-order valence-electron chi connectivity index (χ1n) is 3.54. The zero-order valence-corrected chi connectivity index (χ0v) is 7.80. The van der Waals surface area contributed by atoms with Gasteiger partial charge in [-0.1, -0.05) is 29.5 Å². The first-order chi connectivity index (χ1) is 5.25. The molecule has 0 unspecified atom stereocenters. The molecule has 1 aliphatic heterocycles. The third kappa shape index (κ3) is 1.40. The monoisotopic (exact) mass is 183 g/mol. The summed E-state index contributed by atoms with van der Waals surface area (Å²) in [6.45, 7) is 2.11. The molecule has 1 aromatic rings. The Bertz CT molecular complexity index is 283. The van der Waals surface area contributed by atoms with Gasteiger partial charge in [0.2, 0.25) is 0 Å². The number of rotatable bonds is 0. The van der Waals surface area contributed by atoms with Gasteiger partial charge in [0.15, 0.2) is 0 Å². The van der Waals surface area contributed by atoms with Crippen molar-refractivity contribution in [2.75, 3.05) is 0 Å². The van der Waals surface area contributed by atoms with Crippen LogP contribution < -0.4 is 0 Å². The summed E-state index contributed by atoms with van der Waals surface area (Å²) in [6.07, 6.45) is 0.934. The molecular formula is C9H8ClS. The number of benzene rings is 1. The van der Waals surface area contributed by atoms with Gasteiger partial charge in [-0.3, -0.25) is 0 Å². The quantitative estimate of drug-likeness (QED) is 0.595. The first kappa shape index (κ1) is 7.51. The van der Waals surface area contributed by atoms with Gasteiger partial charge in [-0.05, 0) is 18.6 Å². The van der Waals surface area contributed by atoms with Crippen LogP contribution in [0.2, 0.25) is 0 Å². The maximum atomic E-state index is 5.91. The third-order valence-electron chi connectivity index (χ3n) is 1.77. The van der Waals surface area contributed by atoms with Crippen LogP contribution in [0.1, 0.15) is 11.1 Å². The Morgan fingerprint density at radius 2 is 2.27 bits per heavy atom. The lowest BCUT2D eigenvalue weighted by atomic mass is 10.1. The van der Waals surface area contributed by atoms with E-state index in [-0.39, 0.29) is 0 Å². The van der Waals surface area contributed by atoms with Crippen LogP contribution in [0, 0.1) is 11.6 Å². The zero-order valence-electron chi connectivity index (χ0n) is 6.23. The van der Waals surface area contributed by atoms with Crippen LogP contribution in [0.25, 0.3) is 0 Å². The molecule has 2 heteroatoms. The van der Waals surface area contributed by atoms with Gasteiger partial charge in [0.1, 0.15) is 4.71 Å². The van der Waals surface area contributed by atoms with Crippen LogP contribution in [0.4, 0.5) is 0 Å². The molecule has 0 fully saturated rings. The second kappa shape index (κ2) is 2.72. The maximum Gasteiger partial charge on any atom is 0.127 e. The summed E-state index contributed by atoms with van der Waals surface area (Å²) < 4.78 is 0.991. The van der Waals surface area contributed by atoms with Gasteiger partial charge in [0.25, 0.3) is 0 Å². The minimum atomic E-state index is 0.934. The highest BCUT2D eigenvalue weighted by molar-refractivity contribution is 8.03. The van der Waals surface area contributed by atoms with Crippen molar-refractivity contribution in [3.05, 3.63) is 34.0 Å². The van der Waals surface area contributed by atoms with Crippen molar-refractivity contribution in [3.8, 4) is 0 Å². The number of thioether (sulfide) groups is 1. The summed E-state index contributed by atoms with van der Waals surface area (Å²) in [4.78, 5) is 1.32. The summed E-state index contributed by atoms with van der Waals surface area (Å²) in [7, 11) is 0. The largest absolute Gasteiger partial charge is 0.127 e. The maximum absolute atomic E-state index is 5.91. The Kier molecular flexibility index (Phi) is 1.86. The summed E-state index contributed by atoms with van der Waals surface area (Å²) in [5.74, 6) is 0. The van der Waals surface area contributed by atoms with Crippen molar-refractivity contribution in [1.29, 1.82) is 0 Å². The molecule has 0 nitrogen and oxygen atoms in total.